The van der Waals surface area contributed by atoms with Crippen molar-refractivity contribution in [3.63, 3.8) is 0 Å². The number of carbonyl (C=O) groups is 1. The summed E-state index contributed by atoms with van der Waals surface area (Å²) in [7, 11) is 1.62. The van der Waals surface area contributed by atoms with E-state index in [1.54, 1.807) is 7.11 Å². The highest BCUT2D eigenvalue weighted by Crippen LogP contribution is 2.12. The number of carbonyl (C=O) groups excluding carboxylic acids is 1. The van der Waals surface area contributed by atoms with E-state index in [4.69, 9.17) is 21.1 Å². The molecule has 1 aliphatic rings. The van der Waals surface area contributed by atoms with Crippen LogP contribution in [0.1, 0.15) is 12.8 Å². The number of ether oxygens (including phenoxy) is 2. The van der Waals surface area contributed by atoms with Crippen LogP contribution in [0, 0.1) is 5.92 Å². The molecule has 1 heterocycles. The van der Waals surface area contributed by atoms with E-state index in [1.807, 2.05) is 0 Å². The van der Waals surface area contributed by atoms with E-state index in [9.17, 15) is 4.79 Å². The van der Waals surface area contributed by atoms with Gasteiger partial charge in [0, 0.05) is 19.6 Å². The highest BCUT2D eigenvalue weighted by Gasteiger charge is 2.25. The molecule has 2 unspecified atom stereocenters. The smallest absolute Gasteiger partial charge is 0.225 e. The first-order chi connectivity index (χ1) is 7.27. The standard InChI is InChI=1S/C10H18ClNO3/c1-14-7-9(2-4-11)12-10(13)8-3-5-15-6-8/h8-9H,2-7H2,1H3,(H,12,13). The summed E-state index contributed by atoms with van der Waals surface area (Å²) in [5.41, 5.74) is 0. The topological polar surface area (TPSA) is 47.6 Å². The van der Waals surface area contributed by atoms with E-state index in [2.05, 4.69) is 5.32 Å². The minimum atomic E-state index is -0.000295. The summed E-state index contributed by atoms with van der Waals surface area (Å²) >= 11 is 5.64. The van der Waals surface area contributed by atoms with Gasteiger partial charge in [-0.1, -0.05) is 0 Å². The molecule has 0 radical (unpaired) electrons. The van der Waals surface area contributed by atoms with Crippen LogP contribution in [0.15, 0.2) is 0 Å². The molecular weight excluding hydrogens is 218 g/mol. The molecule has 0 aliphatic carbocycles. The van der Waals surface area contributed by atoms with Crippen LogP contribution in [0.4, 0.5) is 0 Å². The first-order valence-electron chi connectivity index (χ1n) is 5.21. The van der Waals surface area contributed by atoms with Gasteiger partial charge in [0.25, 0.3) is 0 Å². The van der Waals surface area contributed by atoms with Crippen molar-refractivity contribution >= 4 is 17.5 Å². The highest BCUT2D eigenvalue weighted by atomic mass is 35.5. The second-order valence-electron chi connectivity index (χ2n) is 3.70. The third-order valence-corrected chi connectivity index (χ3v) is 2.69. The molecule has 1 amide bonds. The lowest BCUT2D eigenvalue weighted by atomic mass is 10.1. The number of nitrogens with one attached hydrogen (secondary N) is 1. The lowest BCUT2D eigenvalue weighted by molar-refractivity contribution is -0.126. The normalized spacial score (nSPS) is 22.7. The van der Waals surface area contributed by atoms with Gasteiger partial charge in [-0.2, -0.15) is 0 Å². The predicted molar refractivity (Wildman–Crippen MR) is 58.1 cm³/mol. The molecule has 1 saturated heterocycles. The number of methoxy groups -OCH3 is 1. The molecule has 1 N–H and O–H groups in total. The maximum absolute atomic E-state index is 11.7. The second-order valence-corrected chi connectivity index (χ2v) is 4.08. The molecule has 0 spiro atoms. The number of hydrogen-bond donors (Lipinski definition) is 1. The molecule has 1 fully saturated rings. The Labute approximate surface area is 95.3 Å². The van der Waals surface area contributed by atoms with Gasteiger partial charge >= 0.3 is 0 Å². The summed E-state index contributed by atoms with van der Waals surface area (Å²) in [6.45, 7) is 1.72. The van der Waals surface area contributed by atoms with Crippen LogP contribution < -0.4 is 5.32 Å². The van der Waals surface area contributed by atoms with Gasteiger partial charge in [0.05, 0.1) is 25.2 Å². The van der Waals surface area contributed by atoms with Crippen LogP contribution >= 0.6 is 11.6 Å². The average Bonchev–Trinajstić information content (AvgIpc) is 2.71. The van der Waals surface area contributed by atoms with Crippen LogP contribution in [0.25, 0.3) is 0 Å². The lowest BCUT2D eigenvalue weighted by Gasteiger charge is -2.18. The zero-order valence-corrected chi connectivity index (χ0v) is 9.76. The minimum absolute atomic E-state index is 0.000295. The van der Waals surface area contributed by atoms with E-state index in [0.29, 0.717) is 25.7 Å². The summed E-state index contributed by atoms with van der Waals surface area (Å²) in [6, 6.07) is 0.0144. The zero-order valence-electron chi connectivity index (χ0n) is 9.00. The molecule has 88 valence electrons. The van der Waals surface area contributed by atoms with Crippen molar-refractivity contribution in [3.05, 3.63) is 0 Å². The molecule has 0 bridgehead atoms. The highest BCUT2D eigenvalue weighted by molar-refractivity contribution is 6.17. The van der Waals surface area contributed by atoms with E-state index in [0.717, 1.165) is 12.8 Å². The van der Waals surface area contributed by atoms with Crippen LogP contribution in [0.3, 0.4) is 0 Å². The Hall–Kier alpha value is -0.320. The third kappa shape index (κ3) is 4.36. The first kappa shape index (κ1) is 12.7. The fourth-order valence-corrected chi connectivity index (χ4v) is 1.85. The molecule has 1 rings (SSSR count). The Bertz CT molecular complexity index is 189. The Morgan fingerprint density at radius 3 is 3.07 bits per heavy atom. The maximum atomic E-state index is 11.7. The number of rotatable bonds is 6. The summed E-state index contributed by atoms with van der Waals surface area (Å²) in [4.78, 5) is 11.7. The van der Waals surface area contributed by atoms with E-state index in [1.165, 1.54) is 0 Å². The fourth-order valence-electron chi connectivity index (χ4n) is 1.59. The molecule has 2 atom stereocenters. The summed E-state index contributed by atoms with van der Waals surface area (Å²) in [5, 5.41) is 2.93. The fraction of sp³-hybridized carbons (Fsp3) is 0.900. The molecule has 15 heavy (non-hydrogen) atoms. The van der Waals surface area contributed by atoms with Crippen molar-refractivity contribution in [2.45, 2.75) is 18.9 Å². The van der Waals surface area contributed by atoms with Gasteiger partial charge < -0.3 is 14.8 Å². The average molecular weight is 236 g/mol. The second kappa shape index (κ2) is 7.04. The molecule has 5 heteroatoms. The maximum Gasteiger partial charge on any atom is 0.225 e. The van der Waals surface area contributed by atoms with Crippen molar-refractivity contribution in [1.82, 2.24) is 5.32 Å². The third-order valence-electron chi connectivity index (χ3n) is 2.47. The van der Waals surface area contributed by atoms with Gasteiger partial charge in [-0.3, -0.25) is 4.79 Å². The SMILES string of the molecule is COCC(CCCl)NC(=O)C1CCOC1. The van der Waals surface area contributed by atoms with Crippen LogP contribution in [0.5, 0.6) is 0 Å². The lowest BCUT2D eigenvalue weighted by Crippen LogP contribution is -2.41. The molecule has 0 aromatic rings. The molecular formula is C10H18ClNO3. The van der Waals surface area contributed by atoms with Crippen molar-refractivity contribution < 1.29 is 14.3 Å². The summed E-state index contributed by atoms with van der Waals surface area (Å²) < 4.78 is 10.2. The predicted octanol–water partition coefficient (Wildman–Crippen LogP) is 0.783. The largest absolute Gasteiger partial charge is 0.383 e. The van der Waals surface area contributed by atoms with Crippen LogP contribution in [-0.4, -0.2) is 44.8 Å². The van der Waals surface area contributed by atoms with Gasteiger partial charge in [-0.25, -0.2) is 0 Å². The summed E-state index contributed by atoms with van der Waals surface area (Å²) in [6.07, 6.45) is 1.54. The Kier molecular flexibility index (Phi) is 5.98. The Morgan fingerprint density at radius 2 is 2.53 bits per heavy atom. The van der Waals surface area contributed by atoms with Gasteiger partial charge in [0.2, 0.25) is 5.91 Å². The molecule has 0 aromatic carbocycles. The van der Waals surface area contributed by atoms with Gasteiger partial charge in [-0.15, -0.1) is 11.6 Å². The minimum Gasteiger partial charge on any atom is -0.383 e. The number of amides is 1. The van der Waals surface area contributed by atoms with Gasteiger partial charge in [-0.05, 0) is 12.8 Å². The van der Waals surface area contributed by atoms with Crippen molar-refractivity contribution in [2.75, 3.05) is 32.8 Å². The summed E-state index contributed by atoms with van der Waals surface area (Å²) in [5.74, 6) is 0.578. The quantitative estimate of drug-likeness (QED) is 0.693. The molecule has 0 aromatic heterocycles. The van der Waals surface area contributed by atoms with Crippen molar-refractivity contribution in [3.8, 4) is 0 Å². The van der Waals surface area contributed by atoms with E-state index in [-0.39, 0.29) is 17.9 Å². The van der Waals surface area contributed by atoms with E-state index < -0.39 is 0 Å². The van der Waals surface area contributed by atoms with Gasteiger partial charge in [0.1, 0.15) is 0 Å². The first-order valence-corrected chi connectivity index (χ1v) is 5.74. The Balaban J connectivity index is 2.31. The molecule has 1 aliphatic heterocycles. The van der Waals surface area contributed by atoms with Gasteiger partial charge in [0.15, 0.2) is 0 Å². The monoisotopic (exact) mass is 235 g/mol. The molecule has 4 nitrogen and oxygen atoms in total. The molecule has 0 saturated carbocycles. The van der Waals surface area contributed by atoms with Crippen LogP contribution in [0.2, 0.25) is 0 Å². The number of halogens is 1. The van der Waals surface area contributed by atoms with Crippen LogP contribution in [-0.2, 0) is 14.3 Å². The number of hydrogen-bond acceptors (Lipinski definition) is 3. The van der Waals surface area contributed by atoms with Crippen molar-refractivity contribution in [1.29, 1.82) is 0 Å². The van der Waals surface area contributed by atoms with Crippen molar-refractivity contribution in [2.24, 2.45) is 5.92 Å². The van der Waals surface area contributed by atoms with E-state index >= 15 is 0 Å². The number of alkyl halides is 1. The zero-order chi connectivity index (χ0) is 11.1. The Morgan fingerprint density at radius 1 is 1.73 bits per heavy atom.